The summed E-state index contributed by atoms with van der Waals surface area (Å²) in [4.78, 5) is 0. The molecule has 0 spiro atoms. The lowest BCUT2D eigenvalue weighted by Crippen LogP contribution is -2.39. The van der Waals surface area contributed by atoms with Gasteiger partial charge in [-0.25, -0.2) is 0 Å². The first kappa shape index (κ1) is 11.9. The lowest BCUT2D eigenvalue weighted by atomic mass is 9.98. The first-order valence-electron chi connectivity index (χ1n) is 5.08. The topological polar surface area (TPSA) is 24.1 Å². The molecule has 0 fully saturated rings. The number of hydrogen-bond donors (Lipinski definition) is 2. The van der Waals surface area contributed by atoms with Gasteiger partial charge in [0.25, 0.3) is 0 Å². The fourth-order valence-electron chi connectivity index (χ4n) is 1.40. The Labute approximate surface area is 77.1 Å². The maximum absolute atomic E-state index is 3.47. The van der Waals surface area contributed by atoms with Crippen LogP contribution in [0.3, 0.4) is 0 Å². The largest absolute Gasteiger partial charge is 0.317 e. The highest BCUT2D eigenvalue weighted by molar-refractivity contribution is 4.76. The molecule has 0 saturated carbocycles. The Balaban J connectivity index is 3.33. The lowest BCUT2D eigenvalue weighted by Gasteiger charge is -2.25. The van der Waals surface area contributed by atoms with Crippen LogP contribution in [0.15, 0.2) is 0 Å². The molecule has 0 radical (unpaired) electrons. The van der Waals surface area contributed by atoms with Crippen LogP contribution in [-0.2, 0) is 0 Å². The van der Waals surface area contributed by atoms with E-state index in [0.29, 0.717) is 5.54 Å². The zero-order valence-corrected chi connectivity index (χ0v) is 9.04. The van der Waals surface area contributed by atoms with Gasteiger partial charge in [0, 0.05) is 5.54 Å². The average Bonchev–Trinajstić information content (AvgIpc) is 1.98. The minimum Gasteiger partial charge on any atom is -0.317 e. The van der Waals surface area contributed by atoms with E-state index in [1.54, 1.807) is 0 Å². The van der Waals surface area contributed by atoms with Crippen molar-refractivity contribution in [2.45, 2.75) is 46.1 Å². The van der Waals surface area contributed by atoms with Gasteiger partial charge in [0.05, 0.1) is 0 Å². The zero-order chi connectivity index (χ0) is 9.45. The van der Waals surface area contributed by atoms with Crippen molar-refractivity contribution in [3.05, 3.63) is 0 Å². The van der Waals surface area contributed by atoms with Gasteiger partial charge >= 0.3 is 0 Å². The van der Waals surface area contributed by atoms with Gasteiger partial charge in [-0.3, -0.25) is 0 Å². The van der Waals surface area contributed by atoms with E-state index in [-0.39, 0.29) is 0 Å². The fraction of sp³-hybridized carbons (Fsp3) is 1.00. The lowest BCUT2D eigenvalue weighted by molar-refractivity contribution is 0.359. The Morgan fingerprint density at radius 2 is 1.75 bits per heavy atom. The molecule has 74 valence electrons. The van der Waals surface area contributed by atoms with Crippen molar-refractivity contribution < 1.29 is 0 Å². The van der Waals surface area contributed by atoms with Crippen LogP contribution in [0.5, 0.6) is 0 Å². The Kier molecular flexibility index (Phi) is 6.39. The average molecular weight is 172 g/mol. The molecule has 0 aromatic heterocycles. The van der Waals surface area contributed by atoms with Crippen molar-refractivity contribution in [2.24, 2.45) is 0 Å². The molecular weight excluding hydrogens is 148 g/mol. The molecule has 0 aromatic rings. The Bertz CT molecular complexity index is 100. The normalized spacial score (nSPS) is 12.0. The third-order valence-electron chi connectivity index (χ3n) is 2.06. The van der Waals surface area contributed by atoms with E-state index in [4.69, 9.17) is 0 Å². The summed E-state index contributed by atoms with van der Waals surface area (Å²) in [5.41, 5.74) is 0.310. The van der Waals surface area contributed by atoms with E-state index in [2.05, 4.69) is 38.3 Å². The van der Waals surface area contributed by atoms with E-state index in [1.165, 1.54) is 12.8 Å². The molecule has 0 aromatic carbocycles. The number of hydrogen-bond acceptors (Lipinski definition) is 2. The van der Waals surface area contributed by atoms with Crippen LogP contribution in [0.4, 0.5) is 0 Å². The Hall–Kier alpha value is -0.0800. The third kappa shape index (κ3) is 6.62. The van der Waals surface area contributed by atoms with Gasteiger partial charge in [0.1, 0.15) is 0 Å². The van der Waals surface area contributed by atoms with Gasteiger partial charge in [-0.2, -0.15) is 0 Å². The highest BCUT2D eigenvalue weighted by atomic mass is 14.9. The van der Waals surface area contributed by atoms with Crippen LogP contribution in [-0.4, -0.2) is 25.2 Å². The molecule has 0 rings (SSSR count). The first-order valence-corrected chi connectivity index (χ1v) is 5.08. The summed E-state index contributed by atoms with van der Waals surface area (Å²) in [6.07, 6.45) is 2.50. The van der Waals surface area contributed by atoms with Crippen LogP contribution in [0.2, 0.25) is 0 Å². The predicted molar refractivity (Wildman–Crippen MR) is 55.5 cm³/mol. The van der Waals surface area contributed by atoms with Crippen LogP contribution >= 0.6 is 0 Å². The standard InChI is InChI=1S/C10H24N2/c1-5-11-9-7-8-10(3,4)12-6-2/h11-12H,5-9H2,1-4H3. The summed E-state index contributed by atoms with van der Waals surface area (Å²) in [7, 11) is 0. The van der Waals surface area contributed by atoms with E-state index < -0.39 is 0 Å². The molecule has 2 N–H and O–H groups in total. The molecule has 0 amide bonds. The summed E-state index contributed by atoms with van der Waals surface area (Å²) in [5, 5.41) is 6.81. The molecule has 0 aliphatic carbocycles. The van der Waals surface area contributed by atoms with Gasteiger partial charge in [0.2, 0.25) is 0 Å². The smallest absolute Gasteiger partial charge is 0.0125 e. The van der Waals surface area contributed by atoms with E-state index in [0.717, 1.165) is 19.6 Å². The minimum atomic E-state index is 0.310. The van der Waals surface area contributed by atoms with Crippen LogP contribution in [0, 0.1) is 0 Å². The molecule has 0 unspecified atom stereocenters. The van der Waals surface area contributed by atoms with Gasteiger partial charge in [-0.05, 0) is 46.3 Å². The second-order valence-corrected chi connectivity index (χ2v) is 3.87. The number of nitrogens with one attached hydrogen (secondary N) is 2. The van der Waals surface area contributed by atoms with Crippen molar-refractivity contribution in [1.29, 1.82) is 0 Å². The molecule has 0 aliphatic rings. The van der Waals surface area contributed by atoms with Crippen LogP contribution < -0.4 is 10.6 Å². The summed E-state index contributed by atoms with van der Waals surface area (Å²) in [6.45, 7) is 12.1. The van der Waals surface area contributed by atoms with Gasteiger partial charge in [-0.1, -0.05) is 13.8 Å². The van der Waals surface area contributed by atoms with Crippen molar-refractivity contribution in [3.63, 3.8) is 0 Å². The molecule has 2 heteroatoms. The van der Waals surface area contributed by atoms with Gasteiger partial charge in [-0.15, -0.1) is 0 Å². The van der Waals surface area contributed by atoms with Crippen molar-refractivity contribution >= 4 is 0 Å². The molecule has 0 aliphatic heterocycles. The summed E-state index contributed by atoms with van der Waals surface area (Å²) in [5.74, 6) is 0. The molecule has 0 saturated heterocycles. The van der Waals surface area contributed by atoms with Crippen molar-refractivity contribution in [1.82, 2.24) is 10.6 Å². The van der Waals surface area contributed by atoms with Gasteiger partial charge in [0.15, 0.2) is 0 Å². The highest BCUT2D eigenvalue weighted by Crippen LogP contribution is 2.09. The molecule has 0 heterocycles. The minimum absolute atomic E-state index is 0.310. The molecule has 12 heavy (non-hydrogen) atoms. The Morgan fingerprint density at radius 1 is 1.08 bits per heavy atom. The number of rotatable bonds is 7. The quantitative estimate of drug-likeness (QED) is 0.572. The maximum atomic E-state index is 3.47. The third-order valence-corrected chi connectivity index (χ3v) is 2.06. The monoisotopic (exact) mass is 172 g/mol. The fourth-order valence-corrected chi connectivity index (χ4v) is 1.40. The van der Waals surface area contributed by atoms with E-state index in [9.17, 15) is 0 Å². The maximum Gasteiger partial charge on any atom is 0.0125 e. The molecule has 2 nitrogen and oxygen atoms in total. The zero-order valence-electron chi connectivity index (χ0n) is 9.04. The second-order valence-electron chi connectivity index (χ2n) is 3.87. The highest BCUT2D eigenvalue weighted by Gasteiger charge is 2.14. The Morgan fingerprint density at radius 3 is 2.25 bits per heavy atom. The predicted octanol–water partition coefficient (Wildman–Crippen LogP) is 1.76. The first-order chi connectivity index (χ1) is 5.62. The summed E-state index contributed by atoms with van der Waals surface area (Å²) in [6, 6.07) is 0. The van der Waals surface area contributed by atoms with E-state index >= 15 is 0 Å². The molecular formula is C10H24N2. The van der Waals surface area contributed by atoms with E-state index in [1.807, 2.05) is 0 Å². The molecule has 0 atom stereocenters. The van der Waals surface area contributed by atoms with Crippen LogP contribution in [0.1, 0.15) is 40.5 Å². The van der Waals surface area contributed by atoms with Crippen molar-refractivity contribution in [3.8, 4) is 0 Å². The van der Waals surface area contributed by atoms with Gasteiger partial charge < -0.3 is 10.6 Å². The SMILES string of the molecule is CCNCCCC(C)(C)NCC. The second kappa shape index (κ2) is 6.44. The summed E-state index contributed by atoms with van der Waals surface area (Å²) >= 11 is 0. The van der Waals surface area contributed by atoms with Crippen molar-refractivity contribution in [2.75, 3.05) is 19.6 Å². The van der Waals surface area contributed by atoms with Crippen LogP contribution in [0.25, 0.3) is 0 Å². The molecule has 0 bridgehead atoms. The summed E-state index contributed by atoms with van der Waals surface area (Å²) < 4.78 is 0.